The Labute approximate surface area is 249 Å². The SMILES string of the molecule is Cc1ccc(COc2ccc(N3C(=O)NC(=O)/C(=C\c4ccccc4OCc4cccc5ccccc45)C3=O)cc2)cc1. The molecule has 0 saturated carbocycles. The monoisotopic (exact) mass is 568 g/mol. The lowest BCUT2D eigenvalue weighted by molar-refractivity contribution is -0.122. The Bertz CT molecular complexity index is 1850. The number of imide groups is 2. The van der Waals surface area contributed by atoms with Crippen LogP contribution in [-0.2, 0) is 22.8 Å². The predicted molar refractivity (Wildman–Crippen MR) is 166 cm³/mol. The number of carbonyl (C=O) groups excluding carboxylic acids is 3. The van der Waals surface area contributed by atoms with E-state index in [0.29, 0.717) is 36.0 Å². The van der Waals surface area contributed by atoms with E-state index in [1.165, 1.54) is 11.6 Å². The van der Waals surface area contributed by atoms with Crippen LogP contribution in [0.15, 0.2) is 121 Å². The third-order valence-corrected chi connectivity index (χ3v) is 7.20. The molecule has 1 aliphatic rings. The van der Waals surface area contributed by atoms with Gasteiger partial charge >= 0.3 is 6.03 Å². The van der Waals surface area contributed by atoms with E-state index in [0.717, 1.165) is 26.8 Å². The molecule has 5 aromatic rings. The summed E-state index contributed by atoms with van der Waals surface area (Å²) < 4.78 is 12.0. The third kappa shape index (κ3) is 6.01. The van der Waals surface area contributed by atoms with Crippen molar-refractivity contribution in [2.24, 2.45) is 0 Å². The second-order valence-electron chi connectivity index (χ2n) is 10.2. The molecule has 0 aromatic heterocycles. The zero-order valence-corrected chi connectivity index (χ0v) is 23.4. The zero-order valence-electron chi connectivity index (χ0n) is 23.4. The van der Waals surface area contributed by atoms with Crippen molar-refractivity contribution in [1.82, 2.24) is 5.32 Å². The van der Waals surface area contributed by atoms with Gasteiger partial charge in [-0.25, -0.2) is 9.69 Å². The molecule has 7 heteroatoms. The molecular weight excluding hydrogens is 540 g/mol. The van der Waals surface area contributed by atoms with Crippen LogP contribution in [0.5, 0.6) is 11.5 Å². The van der Waals surface area contributed by atoms with Crippen molar-refractivity contribution in [3.05, 3.63) is 143 Å². The average molecular weight is 569 g/mol. The van der Waals surface area contributed by atoms with Crippen molar-refractivity contribution in [2.45, 2.75) is 20.1 Å². The van der Waals surface area contributed by atoms with Crippen molar-refractivity contribution in [2.75, 3.05) is 4.90 Å². The number of fused-ring (bicyclic) bond motifs is 1. The van der Waals surface area contributed by atoms with Gasteiger partial charge in [-0.3, -0.25) is 14.9 Å². The Hall–Kier alpha value is -5.69. The minimum Gasteiger partial charge on any atom is -0.489 e. The first kappa shape index (κ1) is 27.5. The molecule has 43 heavy (non-hydrogen) atoms. The van der Waals surface area contributed by atoms with Gasteiger partial charge in [0.2, 0.25) is 0 Å². The smallest absolute Gasteiger partial charge is 0.335 e. The second kappa shape index (κ2) is 12.0. The van der Waals surface area contributed by atoms with Crippen molar-refractivity contribution >= 4 is 40.4 Å². The number of anilines is 1. The summed E-state index contributed by atoms with van der Waals surface area (Å²) in [4.78, 5) is 40.0. The molecule has 212 valence electrons. The van der Waals surface area contributed by atoms with Crippen LogP contribution in [0.4, 0.5) is 10.5 Å². The molecule has 0 atom stereocenters. The molecule has 0 aliphatic carbocycles. The first-order chi connectivity index (χ1) is 21.0. The highest BCUT2D eigenvalue weighted by Gasteiger charge is 2.37. The van der Waals surface area contributed by atoms with Gasteiger partial charge in [0.1, 0.15) is 30.3 Å². The minimum atomic E-state index is -0.819. The summed E-state index contributed by atoms with van der Waals surface area (Å²) in [5, 5.41) is 4.48. The summed E-state index contributed by atoms with van der Waals surface area (Å²) in [6, 6.07) is 35.0. The number of hydrogen-bond acceptors (Lipinski definition) is 5. The lowest BCUT2D eigenvalue weighted by Gasteiger charge is -2.26. The number of nitrogens with one attached hydrogen (secondary N) is 1. The van der Waals surface area contributed by atoms with Gasteiger partial charge < -0.3 is 9.47 Å². The maximum Gasteiger partial charge on any atom is 0.335 e. The van der Waals surface area contributed by atoms with E-state index in [1.54, 1.807) is 42.5 Å². The van der Waals surface area contributed by atoms with E-state index in [9.17, 15) is 14.4 Å². The molecule has 5 aromatic carbocycles. The molecule has 4 amide bonds. The fraction of sp³-hybridized carbons (Fsp3) is 0.0833. The number of benzene rings is 5. The number of rotatable bonds is 8. The first-order valence-corrected chi connectivity index (χ1v) is 13.8. The van der Waals surface area contributed by atoms with E-state index in [1.807, 2.05) is 79.7 Å². The number of hydrogen-bond donors (Lipinski definition) is 1. The summed E-state index contributed by atoms with van der Waals surface area (Å²) in [5.74, 6) is -0.417. The van der Waals surface area contributed by atoms with Gasteiger partial charge in [0, 0.05) is 5.56 Å². The lowest BCUT2D eigenvalue weighted by Crippen LogP contribution is -2.54. The standard InChI is InChI=1S/C36H28N2O5/c1-24-13-15-25(16-14-24)22-42-30-19-17-29(18-20-30)38-35(40)32(34(39)37-36(38)41)21-27-8-3-5-12-33(27)43-23-28-10-6-9-26-7-2-4-11-31(26)28/h2-21H,22-23H2,1H3,(H,37,39,41)/b32-21+. The van der Waals surface area contributed by atoms with Crippen molar-refractivity contribution < 1.29 is 23.9 Å². The predicted octanol–water partition coefficient (Wildman–Crippen LogP) is 6.97. The summed E-state index contributed by atoms with van der Waals surface area (Å²) >= 11 is 0. The largest absolute Gasteiger partial charge is 0.489 e. The highest BCUT2D eigenvalue weighted by Crippen LogP contribution is 2.28. The Kier molecular flexibility index (Phi) is 7.70. The number of urea groups is 1. The van der Waals surface area contributed by atoms with Crippen LogP contribution in [-0.4, -0.2) is 17.8 Å². The summed E-state index contributed by atoms with van der Waals surface area (Å²) in [6.45, 7) is 2.70. The molecule has 0 bridgehead atoms. The van der Waals surface area contributed by atoms with Crippen molar-refractivity contribution in [1.29, 1.82) is 0 Å². The Morgan fingerprint density at radius 2 is 1.44 bits per heavy atom. The highest BCUT2D eigenvalue weighted by molar-refractivity contribution is 6.39. The number of barbiturate groups is 1. The van der Waals surface area contributed by atoms with Crippen molar-refractivity contribution in [3.63, 3.8) is 0 Å². The van der Waals surface area contributed by atoms with Crippen molar-refractivity contribution in [3.8, 4) is 11.5 Å². The van der Waals surface area contributed by atoms with Crippen LogP contribution in [0.2, 0.25) is 0 Å². The van der Waals surface area contributed by atoms with E-state index in [4.69, 9.17) is 9.47 Å². The van der Waals surface area contributed by atoms with E-state index in [-0.39, 0.29) is 5.57 Å². The summed E-state index contributed by atoms with van der Waals surface area (Å²) in [7, 11) is 0. The molecule has 0 unspecified atom stereocenters. The lowest BCUT2D eigenvalue weighted by atomic mass is 10.0. The van der Waals surface area contributed by atoms with Crippen LogP contribution in [0.3, 0.4) is 0 Å². The summed E-state index contributed by atoms with van der Waals surface area (Å²) in [5.41, 5.74) is 3.87. The van der Waals surface area contributed by atoms with Gasteiger partial charge in [0.25, 0.3) is 11.8 Å². The molecule has 0 spiro atoms. The highest BCUT2D eigenvalue weighted by atomic mass is 16.5. The molecule has 1 saturated heterocycles. The average Bonchev–Trinajstić information content (AvgIpc) is 3.03. The number of para-hydroxylation sites is 1. The molecule has 6 rings (SSSR count). The fourth-order valence-electron chi connectivity index (χ4n) is 4.89. The van der Waals surface area contributed by atoms with Gasteiger partial charge in [-0.1, -0.05) is 90.5 Å². The number of nitrogens with zero attached hydrogens (tertiary/aromatic N) is 1. The van der Waals surface area contributed by atoms with E-state index < -0.39 is 17.8 Å². The fourth-order valence-corrected chi connectivity index (χ4v) is 4.89. The van der Waals surface area contributed by atoms with Gasteiger partial charge in [-0.05, 0) is 65.2 Å². The molecule has 0 radical (unpaired) electrons. The molecular formula is C36H28N2O5. The topological polar surface area (TPSA) is 84.9 Å². The quantitative estimate of drug-likeness (QED) is 0.161. The molecule has 1 aliphatic heterocycles. The Morgan fingerprint density at radius 1 is 0.721 bits per heavy atom. The van der Waals surface area contributed by atoms with Crippen LogP contribution >= 0.6 is 0 Å². The minimum absolute atomic E-state index is 0.180. The van der Waals surface area contributed by atoms with Crippen LogP contribution < -0.4 is 19.7 Å². The van der Waals surface area contributed by atoms with Crippen LogP contribution in [0, 0.1) is 6.92 Å². The maximum atomic E-state index is 13.5. The van der Waals surface area contributed by atoms with Gasteiger partial charge in [0.15, 0.2) is 0 Å². The number of aryl methyl sites for hydroxylation is 1. The molecule has 1 N–H and O–H groups in total. The van der Waals surface area contributed by atoms with Gasteiger partial charge in [-0.15, -0.1) is 0 Å². The van der Waals surface area contributed by atoms with Gasteiger partial charge in [0.05, 0.1) is 5.69 Å². The van der Waals surface area contributed by atoms with Gasteiger partial charge in [-0.2, -0.15) is 0 Å². The number of carbonyl (C=O) groups is 3. The van der Waals surface area contributed by atoms with Crippen LogP contribution in [0.1, 0.15) is 22.3 Å². The molecule has 1 fully saturated rings. The van der Waals surface area contributed by atoms with E-state index >= 15 is 0 Å². The second-order valence-corrected chi connectivity index (χ2v) is 10.2. The molecule has 1 heterocycles. The Balaban J connectivity index is 1.20. The maximum absolute atomic E-state index is 13.5. The Morgan fingerprint density at radius 3 is 2.26 bits per heavy atom. The van der Waals surface area contributed by atoms with Crippen LogP contribution in [0.25, 0.3) is 16.8 Å². The molecule has 7 nitrogen and oxygen atoms in total. The normalized spacial score (nSPS) is 14.2. The zero-order chi connectivity index (χ0) is 29.8. The third-order valence-electron chi connectivity index (χ3n) is 7.20. The first-order valence-electron chi connectivity index (χ1n) is 13.8. The number of ether oxygens (including phenoxy) is 2. The van der Waals surface area contributed by atoms with E-state index in [2.05, 4.69) is 5.32 Å². The summed E-state index contributed by atoms with van der Waals surface area (Å²) in [6.07, 6.45) is 1.45. The number of amides is 4.